The van der Waals surface area contributed by atoms with Crippen LogP contribution >= 0.6 is 0 Å². The quantitative estimate of drug-likeness (QED) is 0.741. The molecule has 6 nitrogen and oxygen atoms in total. The van der Waals surface area contributed by atoms with Crippen LogP contribution in [0, 0.1) is 6.92 Å². The molecule has 6 heteroatoms. The van der Waals surface area contributed by atoms with Crippen molar-refractivity contribution in [2.45, 2.75) is 31.8 Å². The van der Waals surface area contributed by atoms with Crippen LogP contribution in [0.25, 0.3) is 0 Å². The first-order chi connectivity index (χ1) is 10.2. The predicted octanol–water partition coefficient (Wildman–Crippen LogP) is 1.32. The van der Waals surface area contributed by atoms with Crippen LogP contribution in [-0.4, -0.2) is 67.5 Å². The summed E-state index contributed by atoms with van der Waals surface area (Å²) in [6, 6.07) is 3.09. The summed E-state index contributed by atoms with van der Waals surface area (Å²) in [5.74, 6) is 0.922. The van der Waals surface area contributed by atoms with Crippen LogP contribution in [0.15, 0.2) is 12.4 Å². The van der Waals surface area contributed by atoms with Gasteiger partial charge in [0.2, 0.25) is 0 Å². The van der Waals surface area contributed by atoms with E-state index in [9.17, 15) is 0 Å². The molecule has 21 heavy (non-hydrogen) atoms. The molecule has 1 N–H and O–H groups in total. The van der Waals surface area contributed by atoms with E-state index in [2.05, 4.69) is 20.2 Å². The highest BCUT2D eigenvalue weighted by Gasteiger charge is 2.33. The highest BCUT2D eigenvalue weighted by molar-refractivity contribution is 5.36. The Hall–Kier alpha value is -1.24. The Kier molecular flexibility index (Phi) is 6.35. The van der Waals surface area contributed by atoms with Gasteiger partial charge in [-0.3, -0.25) is 4.90 Å². The predicted molar refractivity (Wildman–Crippen MR) is 82.5 cm³/mol. The minimum atomic E-state index is 0.497. The Morgan fingerprint density at radius 2 is 1.86 bits per heavy atom. The van der Waals surface area contributed by atoms with Crippen LogP contribution in [0.2, 0.25) is 0 Å². The average molecular weight is 294 g/mol. The van der Waals surface area contributed by atoms with E-state index in [1.807, 2.05) is 13.0 Å². The summed E-state index contributed by atoms with van der Waals surface area (Å²) in [6.07, 6.45) is 3.88. The second kappa shape index (κ2) is 8.26. The lowest BCUT2D eigenvalue weighted by atomic mass is 9.85. The zero-order valence-corrected chi connectivity index (χ0v) is 13.2. The van der Waals surface area contributed by atoms with Crippen molar-refractivity contribution in [3.05, 3.63) is 18.1 Å². The number of hydrogen-bond donors (Lipinski definition) is 1. The van der Waals surface area contributed by atoms with E-state index in [4.69, 9.17) is 9.47 Å². The summed E-state index contributed by atoms with van der Waals surface area (Å²) in [5.41, 5.74) is 0.991. The number of nitrogens with one attached hydrogen (secondary N) is 1. The van der Waals surface area contributed by atoms with Gasteiger partial charge in [-0.15, -0.1) is 0 Å². The molecule has 0 unspecified atom stereocenters. The van der Waals surface area contributed by atoms with Crippen molar-refractivity contribution < 1.29 is 9.47 Å². The van der Waals surface area contributed by atoms with E-state index in [-0.39, 0.29) is 0 Å². The summed E-state index contributed by atoms with van der Waals surface area (Å²) < 4.78 is 10.4. The third-order valence-electron chi connectivity index (χ3n) is 3.95. The number of anilines is 1. The van der Waals surface area contributed by atoms with Gasteiger partial charge in [0.25, 0.3) is 0 Å². The number of rotatable bonds is 9. The minimum absolute atomic E-state index is 0.497. The Morgan fingerprint density at radius 3 is 2.43 bits per heavy atom. The first kappa shape index (κ1) is 16.1. The third kappa shape index (κ3) is 4.91. The van der Waals surface area contributed by atoms with Gasteiger partial charge in [0.1, 0.15) is 12.1 Å². The molecule has 0 aromatic carbocycles. The Morgan fingerprint density at radius 1 is 1.19 bits per heavy atom. The van der Waals surface area contributed by atoms with Crippen molar-refractivity contribution in [2.75, 3.05) is 45.8 Å². The van der Waals surface area contributed by atoms with Crippen LogP contribution in [0.3, 0.4) is 0 Å². The monoisotopic (exact) mass is 294 g/mol. The molecule has 118 valence electrons. The van der Waals surface area contributed by atoms with Gasteiger partial charge in [0, 0.05) is 51.2 Å². The molecule has 1 aliphatic rings. The van der Waals surface area contributed by atoms with Gasteiger partial charge in [-0.05, 0) is 19.8 Å². The first-order valence-corrected chi connectivity index (χ1v) is 7.50. The first-order valence-electron chi connectivity index (χ1n) is 7.50. The van der Waals surface area contributed by atoms with E-state index in [0.29, 0.717) is 12.1 Å². The molecule has 1 aliphatic carbocycles. The Bertz CT molecular complexity index is 416. The summed E-state index contributed by atoms with van der Waals surface area (Å²) in [6.45, 7) is 5.44. The smallest absolute Gasteiger partial charge is 0.129 e. The minimum Gasteiger partial charge on any atom is -0.383 e. The summed E-state index contributed by atoms with van der Waals surface area (Å²) in [5, 5.41) is 3.48. The van der Waals surface area contributed by atoms with Gasteiger partial charge in [-0.1, -0.05) is 0 Å². The highest BCUT2D eigenvalue weighted by atomic mass is 16.5. The molecule has 1 aromatic rings. The summed E-state index contributed by atoms with van der Waals surface area (Å²) >= 11 is 0. The van der Waals surface area contributed by atoms with Gasteiger partial charge < -0.3 is 14.8 Å². The molecule has 0 amide bonds. The van der Waals surface area contributed by atoms with Crippen molar-refractivity contribution in [3.8, 4) is 0 Å². The number of methoxy groups -OCH3 is 2. The largest absolute Gasteiger partial charge is 0.383 e. The van der Waals surface area contributed by atoms with Crippen LogP contribution in [0.4, 0.5) is 5.82 Å². The standard InChI is InChI=1S/C15H26N4O2/c1-12-8-15(17-11-16-12)18-13-9-14(10-13)19(4-6-20-2)5-7-21-3/h8,11,13-14H,4-7,9-10H2,1-3H3,(H,16,17,18)/t13-,14+. The van der Waals surface area contributed by atoms with Gasteiger partial charge in [-0.25, -0.2) is 9.97 Å². The van der Waals surface area contributed by atoms with Gasteiger partial charge in [-0.2, -0.15) is 0 Å². The molecular weight excluding hydrogens is 268 g/mol. The maximum Gasteiger partial charge on any atom is 0.129 e. The molecule has 0 bridgehead atoms. The number of ether oxygens (including phenoxy) is 2. The number of aryl methyl sites for hydroxylation is 1. The lowest BCUT2D eigenvalue weighted by Gasteiger charge is -2.43. The zero-order valence-electron chi connectivity index (χ0n) is 13.2. The lowest BCUT2D eigenvalue weighted by molar-refractivity contribution is 0.0546. The van der Waals surface area contributed by atoms with E-state index in [1.54, 1.807) is 20.5 Å². The summed E-state index contributed by atoms with van der Waals surface area (Å²) in [7, 11) is 3.49. The van der Waals surface area contributed by atoms with E-state index >= 15 is 0 Å². The topological polar surface area (TPSA) is 59.5 Å². The maximum atomic E-state index is 5.19. The van der Waals surface area contributed by atoms with Gasteiger partial charge in [0.15, 0.2) is 0 Å². The molecule has 0 saturated heterocycles. The normalized spacial score (nSPS) is 21.3. The number of hydrogen-bond acceptors (Lipinski definition) is 6. The van der Waals surface area contributed by atoms with Crippen molar-refractivity contribution in [3.63, 3.8) is 0 Å². The fraction of sp³-hybridized carbons (Fsp3) is 0.733. The van der Waals surface area contributed by atoms with Crippen LogP contribution < -0.4 is 5.32 Å². The SMILES string of the molecule is COCCN(CCOC)[C@H]1C[C@@H](Nc2cc(C)ncn2)C1. The Labute approximate surface area is 126 Å². The number of aromatic nitrogens is 2. The molecule has 0 aliphatic heterocycles. The fourth-order valence-corrected chi connectivity index (χ4v) is 2.64. The Balaban J connectivity index is 1.77. The van der Waals surface area contributed by atoms with E-state index < -0.39 is 0 Å². The van der Waals surface area contributed by atoms with Crippen molar-refractivity contribution in [2.24, 2.45) is 0 Å². The average Bonchev–Trinajstić information content (AvgIpc) is 2.43. The molecule has 1 aromatic heterocycles. The molecule has 2 rings (SSSR count). The third-order valence-corrected chi connectivity index (χ3v) is 3.95. The van der Waals surface area contributed by atoms with Crippen molar-refractivity contribution >= 4 is 5.82 Å². The number of nitrogens with zero attached hydrogens (tertiary/aromatic N) is 3. The molecule has 1 saturated carbocycles. The maximum absolute atomic E-state index is 5.19. The van der Waals surface area contributed by atoms with Crippen molar-refractivity contribution in [1.29, 1.82) is 0 Å². The lowest BCUT2D eigenvalue weighted by Crippen LogP contribution is -2.51. The highest BCUT2D eigenvalue weighted by Crippen LogP contribution is 2.28. The molecule has 0 atom stereocenters. The van der Waals surface area contributed by atoms with Gasteiger partial charge in [0.05, 0.1) is 13.2 Å². The molecule has 1 fully saturated rings. The van der Waals surface area contributed by atoms with Crippen LogP contribution in [0.1, 0.15) is 18.5 Å². The second-order valence-electron chi connectivity index (χ2n) is 5.53. The molecule has 0 radical (unpaired) electrons. The summed E-state index contributed by atoms with van der Waals surface area (Å²) in [4.78, 5) is 10.8. The van der Waals surface area contributed by atoms with Crippen LogP contribution in [0.5, 0.6) is 0 Å². The molecular formula is C15H26N4O2. The molecule has 1 heterocycles. The van der Waals surface area contributed by atoms with Gasteiger partial charge >= 0.3 is 0 Å². The second-order valence-corrected chi connectivity index (χ2v) is 5.53. The van der Waals surface area contributed by atoms with E-state index in [1.165, 1.54) is 0 Å². The fourth-order valence-electron chi connectivity index (χ4n) is 2.64. The van der Waals surface area contributed by atoms with Crippen molar-refractivity contribution in [1.82, 2.24) is 14.9 Å². The molecule has 0 spiro atoms. The zero-order chi connectivity index (χ0) is 15.1. The van der Waals surface area contributed by atoms with Crippen LogP contribution in [-0.2, 0) is 9.47 Å². The van der Waals surface area contributed by atoms with E-state index in [0.717, 1.165) is 50.7 Å².